The van der Waals surface area contributed by atoms with Gasteiger partial charge in [-0.1, -0.05) is 60.7 Å². The van der Waals surface area contributed by atoms with Crippen molar-refractivity contribution >= 4 is 5.69 Å². The summed E-state index contributed by atoms with van der Waals surface area (Å²) in [6, 6.07) is 21.1. The molecule has 0 unspecified atom stereocenters. The Bertz CT molecular complexity index is 953. The minimum Gasteiger partial charge on any atom is -0.421 e. The molecular weight excluding hydrogens is 300 g/mol. The molecule has 24 heavy (non-hydrogen) atoms. The molecule has 0 bridgehead atoms. The monoisotopic (exact) mass is 316 g/mol. The maximum Gasteiger partial charge on any atom is 0.356 e. The summed E-state index contributed by atoms with van der Waals surface area (Å²) in [6.07, 6.45) is 0. The summed E-state index contributed by atoms with van der Waals surface area (Å²) in [5.41, 5.74) is 2.38. The highest BCUT2D eigenvalue weighted by Crippen LogP contribution is 2.39. The van der Waals surface area contributed by atoms with Crippen molar-refractivity contribution in [3.05, 3.63) is 76.6 Å². The third-order valence-corrected chi connectivity index (χ3v) is 3.76. The molecule has 0 atom stereocenters. The molecule has 0 radical (unpaired) electrons. The Labute approximate surface area is 140 Å². The predicted octanol–water partition coefficient (Wildman–Crippen LogP) is 3.91. The lowest BCUT2D eigenvalue weighted by Crippen LogP contribution is -2.18. The number of nitrogens with zero attached hydrogens (tertiary/aromatic N) is 2. The molecule has 0 fully saturated rings. The Morgan fingerprint density at radius 2 is 1.46 bits per heavy atom. The fourth-order valence-corrected chi connectivity index (χ4v) is 2.74. The van der Waals surface area contributed by atoms with Gasteiger partial charge in [-0.15, -0.1) is 0 Å². The van der Waals surface area contributed by atoms with Crippen LogP contribution in [0.3, 0.4) is 0 Å². The zero-order chi connectivity index (χ0) is 17.1. The first kappa shape index (κ1) is 15.6. The van der Waals surface area contributed by atoms with Crippen molar-refractivity contribution in [2.45, 2.75) is 0 Å². The number of benzene rings is 2. The lowest BCUT2D eigenvalue weighted by molar-refractivity contribution is 0.525. The predicted molar refractivity (Wildman–Crippen MR) is 94.9 cm³/mol. The topological polar surface area (TPSA) is 57.2 Å². The second-order valence-corrected chi connectivity index (χ2v) is 5.56. The van der Waals surface area contributed by atoms with Crippen LogP contribution in [0.1, 0.15) is 5.56 Å². The molecule has 2 aromatic carbocycles. The van der Waals surface area contributed by atoms with Crippen LogP contribution < -0.4 is 10.5 Å². The molecule has 4 heteroatoms. The van der Waals surface area contributed by atoms with Gasteiger partial charge in [-0.25, -0.2) is 4.79 Å². The first-order valence-electron chi connectivity index (χ1n) is 7.53. The standard InChI is InChI=1S/C20H16N2O2/c1-22(2)18-16(13-21)20(23)24-19(15-11-7-4-8-12-15)17(18)14-9-5-3-6-10-14/h3-12H,1-2H3. The van der Waals surface area contributed by atoms with Gasteiger partial charge in [0.15, 0.2) is 5.56 Å². The van der Waals surface area contributed by atoms with Gasteiger partial charge in [-0.05, 0) is 5.56 Å². The maximum absolute atomic E-state index is 12.3. The van der Waals surface area contributed by atoms with Crippen molar-refractivity contribution in [1.29, 1.82) is 5.26 Å². The molecule has 0 spiro atoms. The van der Waals surface area contributed by atoms with Crippen molar-refractivity contribution in [2.75, 3.05) is 19.0 Å². The summed E-state index contributed by atoms with van der Waals surface area (Å²) in [5.74, 6) is 0.467. The average molecular weight is 316 g/mol. The van der Waals surface area contributed by atoms with E-state index in [9.17, 15) is 10.1 Å². The average Bonchev–Trinajstić information content (AvgIpc) is 2.62. The van der Waals surface area contributed by atoms with Crippen LogP contribution in [0.15, 0.2) is 69.9 Å². The van der Waals surface area contributed by atoms with Crippen LogP contribution in [0, 0.1) is 11.3 Å². The van der Waals surface area contributed by atoms with E-state index < -0.39 is 5.63 Å². The zero-order valence-electron chi connectivity index (χ0n) is 13.5. The maximum atomic E-state index is 12.3. The van der Waals surface area contributed by atoms with Crippen LogP contribution >= 0.6 is 0 Å². The molecule has 0 saturated heterocycles. The summed E-state index contributed by atoms with van der Waals surface area (Å²) in [5, 5.41) is 9.44. The molecule has 0 aliphatic carbocycles. The normalized spacial score (nSPS) is 10.2. The fraction of sp³-hybridized carbons (Fsp3) is 0.100. The second kappa shape index (κ2) is 6.43. The van der Waals surface area contributed by atoms with E-state index >= 15 is 0 Å². The lowest BCUT2D eigenvalue weighted by atomic mass is 9.96. The summed E-state index contributed by atoms with van der Waals surface area (Å²) in [7, 11) is 3.63. The molecule has 0 aliphatic rings. The van der Waals surface area contributed by atoms with Gasteiger partial charge in [0, 0.05) is 19.7 Å². The van der Waals surface area contributed by atoms with Gasteiger partial charge in [-0.2, -0.15) is 5.26 Å². The largest absolute Gasteiger partial charge is 0.421 e. The number of hydrogen-bond donors (Lipinski definition) is 0. The summed E-state index contributed by atoms with van der Waals surface area (Å²) in [6.45, 7) is 0. The van der Waals surface area contributed by atoms with Gasteiger partial charge in [-0.3, -0.25) is 0 Å². The van der Waals surface area contributed by atoms with E-state index in [1.165, 1.54) is 0 Å². The molecule has 3 rings (SSSR count). The molecule has 3 aromatic rings. The molecule has 1 heterocycles. The number of nitriles is 1. The van der Waals surface area contributed by atoms with Crippen molar-refractivity contribution in [1.82, 2.24) is 0 Å². The number of anilines is 1. The van der Waals surface area contributed by atoms with Gasteiger partial charge >= 0.3 is 5.63 Å². The zero-order valence-corrected chi connectivity index (χ0v) is 13.5. The Hall–Kier alpha value is -3.32. The van der Waals surface area contributed by atoms with Crippen molar-refractivity contribution in [3.63, 3.8) is 0 Å². The highest BCUT2D eigenvalue weighted by molar-refractivity contribution is 5.91. The molecule has 0 amide bonds. The van der Waals surface area contributed by atoms with E-state index in [1.807, 2.05) is 80.8 Å². The number of rotatable bonds is 3. The molecule has 0 N–H and O–H groups in total. The molecule has 0 saturated carbocycles. The first-order chi connectivity index (χ1) is 11.6. The highest BCUT2D eigenvalue weighted by atomic mass is 16.4. The van der Waals surface area contributed by atoms with Crippen LogP contribution in [0.2, 0.25) is 0 Å². The molecule has 4 nitrogen and oxygen atoms in total. The van der Waals surface area contributed by atoms with Gasteiger partial charge in [0.05, 0.1) is 11.3 Å². The molecular formula is C20H16N2O2. The van der Waals surface area contributed by atoms with E-state index in [4.69, 9.17) is 4.42 Å². The SMILES string of the molecule is CN(C)c1c(-c2ccccc2)c(-c2ccccc2)oc(=O)c1C#N. The summed E-state index contributed by atoms with van der Waals surface area (Å²) < 4.78 is 5.56. The lowest BCUT2D eigenvalue weighted by Gasteiger charge is -2.20. The molecule has 118 valence electrons. The minimum absolute atomic E-state index is 0.0125. The van der Waals surface area contributed by atoms with Crippen molar-refractivity contribution < 1.29 is 4.42 Å². The Kier molecular flexibility index (Phi) is 4.17. The van der Waals surface area contributed by atoms with E-state index in [2.05, 4.69) is 0 Å². The third kappa shape index (κ3) is 2.68. The van der Waals surface area contributed by atoms with E-state index in [0.29, 0.717) is 11.4 Å². The number of hydrogen-bond acceptors (Lipinski definition) is 4. The third-order valence-electron chi connectivity index (χ3n) is 3.76. The Morgan fingerprint density at radius 1 is 0.917 bits per heavy atom. The second-order valence-electron chi connectivity index (χ2n) is 5.56. The van der Waals surface area contributed by atoms with Crippen LogP contribution in [0.4, 0.5) is 5.69 Å². The van der Waals surface area contributed by atoms with Crippen LogP contribution in [-0.2, 0) is 0 Å². The first-order valence-corrected chi connectivity index (χ1v) is 7.53. The van der Waals surface area contributed by atoms with E-state index in [1.54, 1.807) is 4.90 Å². The Morgan fingerprint density at radius 3 is 1.96 bits per heavy atom. The Balaban J connectivity index is 2.47. The molecule has 1 aromatic heterocycles. The highest BCUT2D eigenvalue weighted by Gasteiger charge is 2.23. The quantitative estimate of drug-likeness (QED) is 0.735. The van der Waals surface area contributed by atoms with Crippen molar-refractivity contribution in [2.24, 2.45) is 0 Å². The smallest absolute Gasteiger partial charge is 0.356 e. The summed E-state index contributed by atoms with van der Waals surface area (Å²) >= 11 is 0. The molecule has 0 aliphatic heterocycles. The van der Waals surface area contributed by atoms with Crippen LogP contribution in [-0.4, -0.2) is 14.1 Å². The van der Waals surface area contributed by atoms with Gasteiger partial charge < -0.3 is 9.32 Å². The van der Waals surface area contributed by atoms with Crippen LogP contribution in [0.25, 0.3) is 22.5 Å². The van der Waals surface area contributed by atoms with Crippen LogP contribution in [0.5, 0.6) is 0 Å². The van der Waals surface area contributed by atoms with Gasteiger partial charge in [0.1, 0.15) is 11.8 Å². The fourth-order valence-electron chi connectivity index (χ4n) is 2.74. The van der Waals surface area contributed by atoms with Crippen molar-refractivity contribution in [3.8, 4) is 28.5 Å². The minimum atomic E-state index is -0.625. The van der Waals surface area contributed by atoms with Gasteiger partial charge in [0.2, 0.25) is 0 Å². The summed E-state index contributed by atoms with van der Waals surface area (Å²) in [4.78, 5) is 14.1. The van der Waals surface area contributed by atoms with Gasteiger partial charge in [0.25, 0.3) is 0 Å². The van der Waals surface area contributed by atoms with E-state index in [0.717, 1.165) is 16.7 Å². The van der Waals surface area contributed by atoms with E-state index in [-0.39, 0.29) is 5.56 Å².